The third kappa shape index (κ3) is 6.15. The molecule has 5 aromatic rings. The molecule has 3 N–H and O–H groups in total. The van der Waals surface area contributed by atoms with E-state index in [9.17, 15) is 14.7 Å². The molecule has 0 saturated carbocycles. The van der Waals surface area contributed by atoms with E-state index < -0.39 is 6.10 Å². The van der Waals surface area contributed by atoms with Crippen LogP contribution in [0.5, 0.6) is 0 Å². The number of aromatic nitrogens is 4. The van der Waals surface area contributed by atoms with Crippen molar-refractivity contribution >= 4 is 29.2 Å². The van der Waals surface area contributed by atoms with E-state index in [2.05, 4.69) is 34.1 Å². The zero-order valence-corrected chi connectivity index (χ0v) is 26.7. The minimum absolute atomic E-state index is 0.109. The van der Waals surface area contributed by atoms with Crippen LogP contribution in [0.3, 0.4) is 0 Å². The van der Waals surface area contributed by atoms with Crippen molar-refractivity contribution in [2.45, 2.75) is 38.0 Å². The third-order valence-electron chi connectivity index (χ3n) is 9.33. The fourth-order valence-electron chi connectivity index (χ4n) is 6.57. The number of imidazole rings is 1. The van der Waals surface area contributed by atoms with Crippen LogP contribution < -0.4 is 5.73 Å². The van der Waals surface area contributed by atoms with Crippen molar-refractivity contribution in [2.75, 3.05) is 25.9 Å². The summed E-state index contributed by atoms with van der Waals surface area (Å²) in [6.45, 7) is 2.52. The van der Waals surface area contributed by atoms with Crippen LogP contribution in [0.4, 0.5) is 5.82 Å². The second kappa shape index (κ2) is 13.3. The van der Waals surface area contributed by atoms with Crippen LogP contribution in [0.15, 0.2) is 108 Å². The highest BCUT2D eigenvalue weighted by Gasteiger charge is 2.28. The van der Waals surface area contributed by atoms with Crippen LogP contribution in [-0.4, -0.2) is 78.9 Å². The lowest BCUT2D eigenvalue weighted by molar-refractivity contribution is -0.128. The van der Waals surface area contributed by atoms with E-state index >= 15 is 0 Å². The molecule has 7 rings (SSSR count). The number of fused-ring (bicyclic) bond motifs is 1. The molecule has 1 saturated heterocycles. The van der Waals surface area contributed by atoms with E-state index in [4.69, 9.17) is 15.7 Å². The Hall–Kier alpha value is -5.45. The van der Waals surface area contributed by atoms with Gasteiger partial charge in [0.1, 0.15) is 17.6 Å². The SMILES string of the molecule is CN(C(=O)C1=CCC(O)C(C=O)=C1)C1CCN(Cc2ccc(-n3c(-c4cccnc4N)nc4ccc(-c5ccccc5)nc43)cc2)CC1. The summed E-state index contributed by atoms with van der Waals surface area (Å²) in [4.78, 5) is 43.0. The average molecular weight is 640 g/mol. The second-order valence-electron chi connectivity index (χ2n) is 12.4. The number of nitrogens with two attached hydrogens (primary N) is 1. The van der Waals surface area contributed by atoms with Crippen molar-refractivity contribution in [1.82, 2.24) is 29.3 Å². The van der Waals surface area contributed by atoms with Gasteiger partial charge in [-0.1, -0.05) is 48.5 Å². The maximum Gasteiger partial charge on any atom is 0.253 e. The Morgan fingerprint density at radius 2 is 1.77 bits per heavy atom. The lowest BCUT2D eigenvalue weighted by Gasteiger charge is -2.37. The molecule has 1 aliphatic carbocycles. The van der Waals surface area contributed by atoms with Crippen molar-refractivity contribution in [3.63, 3.8) is 0 Å². The Balaban J connectivity index is 1.08. The number of aliphatic hydroxyl groups excluding tert-OH is 1. The van der Waals surface area contributed by atoms with E-state index in [1.54, 1.807) is 17.2 Å². The number of nitrogen functional groups attached to an aromatic ring is 1. The molecule has 1 unspecified atom stereocenters. The Bertz CT molecular complexity index is 2030. The van der Waals surface area contributed by atoms with Gasteiger partial charge in [-0.3, -0.25) is 19.1 Å². The Morgan fingerprint density at radius 3 is 2.50 bits per heavy atom. The Kier molecular flexibility index (Phi) is 8.66. The first-order valence-electron chi connectivity index (χ1n) is 16.2. The molecule has 242 valence electrons. The molecule has 48 heavy (non-hydrogen) atoms. The number of aliphatic hydroxyl groups is 1. The van der Waals surface area contributed by atoms with Gasteiger partial charge in [-0.05, 0) is 67.3 Å². The van der Waals surface area contributed by atoms with Gasteiger partial charge in [0, 0.05) is 61.3 Å². The zero-order chi connectivity index (χ0) is 33.2. The molecular formula is C38H37N7O3. The van der Waals surface area contributed by atoms with Gasteiger partial charge in [-0.25, -0.2) is 15.0 Å². The van der Waals surface area contributed by atoms with Crippen molar-refractivity contribution in [2.24, 2.45) is 0 Å². The molecule has 2 aromatic carbocycles. The number of likely N-dealkylation sites (N-methyl/N-ethyl adjacent to an activating group) is 1. The number of pyridine rings is 2. The highest BCUT2D eigenvalue weighted by atomic mass is 16.3. The monoisotopic (exact) mass is 639 g/mol. The summed E-state index contributed by atoms with van der Waals surface area (Å²) >= 11 is 0. The van der Waals surface area contributed by atoms with Gasteiger partial charge in [-0.2, -0.15) is 0 Å². The van der Waals surface area contributed by atoms with E-state index in [-0.39, 0.29) is 23.9 Å². The number of rotatable bonds is 8. The molecule has 10 heteroatoms. The molecule has 0 spiro atoms. The first-order valence-corrected chi connectivity index (χ1v) is 16.2. The number of carbonyl (C=O) groups excluding carboxylic acids is 2. The molecule has 1 aliphatic heterocycles. The summed E-state index contributed by atoms with van der Waals surface area (Å²) in [6, 6.07) is 26.4. The fourth-order valence-corrected chi connectivity index (χ4v) is 6.57. The van der Waals surface area contributed by atoms with Gasteiger partial charge >= 0.3 is 0 Å². The summed E-state index contributed by atoms with van der Waals surface area (Å²) in [5.41, 5.74) is 13.3. The van der Waals surface area contributed by atoms with Crippen molar-refractivity contribution in [1.29, 1.82) is 0 Å². The molecule has 1 atom stereocenters. The number of piperidine rings is 1. The van der Waals surface area contributed by atoms with E-state index in [1.807, 2.05) is 66.2 Å². The predicted molar refractivity (Wildman–Crippen MR) is 186 cm³/mol. The summed E-state index contributed by atoms with van der Waals surface area (Å²) in [5, 5.41) is 9.94. The minimum atomic E-state index is -0.841. The van der Waals surface area contributed by atoms with Gasteiger partial charge in [0.05, 0.1) is 17.4 Å². The number of benzene rings is 2. The molecular weight excluding hydrogens is 602 g/mol. The smallest absolute Gasteiger partial charge is 0.253 e. The lowest BCUT2D eigenvalue weighted by Crippen LogP contribution is -2.45. The van der Waals surface area contributed by atoms with E-state index in [0.717, 1.165) is 66.1 Å². The van der Waals surface area contributed by atoms with Crippen LogP contribution in [0.25, 0.3) is 39.5 Å². The van der Waals surface area contributed by atoms with E-state index in [1.165, 1.54) is 11.6 Å². The van der Waals surface area contributed by atoms with Gasteiger partial charge in [0.25, 0.3) is 5.91 Å². The molecule has 1 fully saturated rings. The number of hydrogen-bond donors (Lipinski definition) is 2. The average Bonchev–Trinajstić information content (AvgIpc) is 3.51. The highest BCUT2D eigenvalue weighted by molar-refractivity contribution is 5.98. The van der Waals surface area contributed by atoms with Crippen LogP contribution >= 0.6 is 0 Å². The first kappa shape index (κ1) is 31.2. The lowest BCUT2D eigenvalue weighted by atomic mass is 9.95. The Labute approximate surface area is 278 Å². The summed E-state index contributed by atoms with van der Waals surface area (Å²) in [7, 11) is 1.83. The molecule has 0 radical (unpaired) electrons. The van der Waals surface area contributed by atoms with Gasteiger partial charge in [0.15, 0.2) is 11.5 Å². The van der Waals surface area contributed by atoms with Gasteiger partial charge in [-0.15, -0.1) is 0 Å². The maximum absolute atomic E-state index is 13.2. The number of anilines is 1. The number of aldehydes is 1. The summed E-state index contributed by atoms with van der Waals surface area (Å²) in [6.07, 6.45) is 6.67. The van der Waals surface area contributed by atoms with Crippen molar-refractivity contribution in [3.8, 4) is 28.3 Å². The van der Waals surface area contributed by atoms with Crippen LogP contribution in [0.1, 0.15) is 24.8 Å². The van der Waals surface area contributed by atoms with Gasteiger partial charge < -0.3 is 15.7 Å². The highest BCUT2D eigenvalue weighted by Crippen LogP contribution is 2.32. The van der Waals surface area contributed by atoms with Crippen molar-refractivity contribution < 1.29 is 14.7 Å². The summed E-state index contributed by atoms with van der Waals surface area (Å²) in [5.74, 6) is 0.973. The maximum atomic E-state index is 13.2. The number of amides is 1. The predicted octanol–water partition coefficient (Wildman–Crippen LogP) is 4.97. The molecule has 1 amide bonds. The quantitative estimate of drug-likeness (QED) is 0.228. The third-order valence-corrected chi connectivity index (χ3v) is 9.33. The molecule has 3 aromatic heterocycles. The summed E-state index contributed by atoms with van der Waals surface area (Å²) < 4.78 is 2.05. The number of nitrogens with zero attached hydrogens (tertiary/aromatic N) is 6. The van der Waals surface area contributed by atoms with Crippen LogP contribution in [-0.2, 0) is 16.1 Å². The largest absolute Gasteiger partial charge is 0.388 e. The fraction of sp³-hybridized carbons (Fsp3) is 0.237. The van der Waals surface area contributed by atoms with Crippen molar-refractivity contribution in [3.05, 3.63) is 114 Å². The number of hydrogen-bond acceptors (Lipinski definition) is 8. The molecule has 4 heterocycles. The molecule has 0 bridgehead atoms. The molecule has 2 aliphatic rings. The number of carbonyl (C=O) groups is 2. The zero-order valence-electron chi connectivity index (χ0n) is 26.7. The first-order chi connectivity index (χ1) is 23.4. The number of likely N-dealkylation sites (tertiary alicyclic amines) is 1. The van der Waals surface area contributed by atoms with Crippen LogP contribution in [0.2, 0.25) is 0 Å². The minimum Gasteiger partial charge on any atom is -0.388 e. The normalized spacial score (nSPS) is 17.2. The molecule has 10 nitrogen and oxygen atoms in total. The second-order valence-corrected chi connectivity index (χ2v) is 12.4. The Morgan fingerprint density at radius 1 is 1.00 bits per heavy atom. The van der Waals surface area contributed by atoms with E-state index in [0.29, 0.717) is 23.5 Å². The standard InChI is InChI=1S/C38H37N7O3/c1-43(38(48)27-11-16-34(47)28(22-27)24-46)29-17-20-44(21-18-29)23-25-9-12-30(13-10-25)45-36(31-8-5-19-40-35(31)39)42-33-15-14-32(41-37(33)45)26-6-3-2-4-7-26/h2-15,19,22,24,29,34,47H,16-18,20-21,23H2,1H3,(H2,39,40). The topological polar surface area (TPSA) is 130 Å². The van der Waals surface area contributed by atoms with Gasteiger partial charge in [0.2, 0.25) is 0 Å². The van der Waals surface area contributed by atoms with Crippen LogP contribution in [0, 0.1) is 0 Å².